The summed E-state index contributed by atoms with van der Waals surface area (Å²) >= 11 is 0. The second kappa shape index (κ2) is 7.67. The zero-order valence-electron chi connectivity index (χ0n) is 15.0. The molecule has 26 heavy (non-hydrogen) atoms. The minimum atomic E-state index is 0.170. The summed E-state index contributed by atoms with van der Waals surface area (Å²) in [5.41, 5.74) is 6.02. The molecule has 4 heteroatoms. The Morgan fingerprint density at radius 2 is 1.92 bits per heavy atom. The SMILES string of the molecule is C[C@@H](NCc1ccc(-c2ccc3c(c2)CCCO3)cc1)c1cnccn1. The monoisotopic (exact) mass is 345 g/mol. The van der Waals surface area contributed by atoms with Crippen molar-refractivity contribution in [1.82, 2.24) is 15.3 Å². The molecule has 0 aliphatic carbocycles. The first kappa shape index (κ1) is 16.7. The van der Waals surface area contributed by atoms with Gasteiger partial charge in [-0.25, -0.2) is 0 Å². The normalized spacial score (nSPS) is 14.3. The van der Waals surface area contributed by atoms with E-state index in [9.17, 15) is 0 Å². The Bertz CT molecular complexity index is 862. The van der Waals surface area contributed by atoms with Crippen LogP contribution in [0.25, 0.3) is 11.1 Å². The summed E-state index contributed by atoms with van der Waals surface area (Å²) in [6.45, 7) is 3.74. The molecule has 1 aliphatic heterocycles. The highest BCUT2D eigenvalue weighted by Crippen LogP contribution is 2.30. The smallest absolute Gasteiger partial charge is 0.122 e. The summed E-state index contributed by atoms with van der Waals surface area (Å²) in [6, 6.07) is 15.4. The second-order valence-electron chi connectivity index (χ2n) is 6.70. The highest BCUT2D eigenvalue weighted by atomic mass is 16.5. The molecule has 0 amide bonds. The zero-order valence-corrected chi connectivity index (χ0v) is 15.0. The van der Waals surface area contributed by atoms with E-state index in [0.717, 1.165) is 37.4 Å². The van der Waals surface area contributed by atoms with Crippen LogP contribution in [-0.2, 0) is 13.0 Å². The highest BCUT2D eigenvalue weighted by Gasteiger charge is 2.11. The summed E-state index contributed by atoms with van der Waals surface area (Å²) in [4.78, 5) is 8.47. The number of hydrogen-bond donors (Lipinski definition) is 1. The van der Waals surface area contributed by atoms with Gasteiger partial charge in [0.05, 0.1) is 12.3 Å². The van der Waals surface area contributed by atoms with E-state index in [1.165, 1.54) is 22.3 Å². The topological polar surface area (TPSA) is 47.0 Å². The van der Waals surface area contributed by atoms with Gasteiger partial charge in [-0.15, -0.1) is 0 Å². The van der Waals surface area contributed by atoms with Crippen LogP contribution in [0.1, 0.15) is 36.2 Å². The predicted octanol–water partition coefficient (Wildman–Crippen LogP) is 4.32. The highest BCUT2D eigenvalue weighted by molar-refractivity contribution is 5.66. The van der Waals surface area contributed by atoms with Crippen LogP contribution in [0.5, 0.6) is 5.75 Å². The van der Waals surface area contributed by atoms with Crippen LogP contribution in [0.2, 0.25) is 0 Å². The van der Waals surface area contributed by atoms with E-state index in [4.69, 9.17) is 4.74 Å². The standard InChI is InChI=1S/C22H23N3O/c1-16(21-15-23-10-11-24-21)25-14-17-4-6-18(7-5-17)19-8-9-22-20(13-19)3-2-12-26-22/h4-11,13,15-16,25H,2-3,12,14H2,1H3/t16-/m1/s1. The number of rotatable bonds is 5. The quantitative estimate of drug-likeness (QED) is 0.748. The number of aromatic nitrogens is 2. The zero-order chi connectivity index (χ0) is 17.8. The Morgan fingerprint density at radius 1 is 1.08 bits per heavy atom. The Morgan fingerprint density at radius 3 is 2.73 bits per heavy atom. The van der Waals surface area contributed by atoms with E-state index in [1.807, 2.05) is 0 Å². The molecule has 4 rings (SSSR count). The van der Waals surface area contributed by atoms with Crippen molar-refractivity contribution in [3.8, 4) is 16.9 Å². The van der Waals surface area contributed by atoms with E-state index in [-0.39, 0.29) is 6.04 Å². The average molecular weight is 345 g/mol. The van der Waals surface area contributed by atoms with Crippen LogP contribution in [-0.4, -0.2) is 16.6 Å². The minimum absolute atomic E-state index is 0.170. The first-order chi connectivity index (χ1) is 12.8. The van der Waals surface area contributed by atoms with Gasteiger partial charge in [-0.05, 0) is 54.2 Å². The molecule has 0 bridgehead atoms. The Kier molecular flexibility index (Phi) is 4.93. The first-order valence-corrected chi connectivity index (χ1v) is 9.14. The van der Waals surface area contributed by atoms with Crippen molar-refractivity contribution < 1.29 is 4.74 Å². The molecule has 1 N–H and O–H groups in total. The molecule has 0 saturated carbocycles. The molecule has 3 aromatic rings. The van der Waals surface area contributed by atoms with E-state index < -0.39 is 0 Å². The average Bonchev–Trinajstić information content (AvgIpc) is 2.72. The molecule has 2 aromatic carbocycles. The number of nitrogens with zero attached hydrogens (tertiary/aromatic N) is 2. The van der Waals surface area contributed by atoms with Crippen LogP contribution in [0.3, 0.4) is 0 Å². The fraction of sp³-hybridized carbons (Fsp3) is 0.273. The van der Waals surface area contributed by atoms with E-state index >= 15 is 0 Å². The van der Waals surface area contributed by atoms with Crippen LogP contribution in [0.15, 0.2) is 61.1 Å². The third-order valence-electron chi connectivity index (χ3n) is 4.83. The number of fused-ring (bicyclic) bond motifs is 1. The summed E-state index contributed by atoms with van der Waals surface area (Å²) < 4.78 is 5.71. The van der Waals surface area contributed by atoms with Crippen molar-refractivity contribution in [2.24, 2.45) is 0 Å². The van der Waals surface area contributed by atoms with E-state index in [0.29, 0.717) is 0 Å². The van der Waals surface area contributed by atoms with Gasteiger partial charge in [-0.3, -0.25) is 9.97 Å². The lowest BCUT2D eigenvalue weighted by atomic mass is 9.98. The first-order valence-electron chi connectivity index (χ1n) is 9.14. The van der Waals surface area contributed by atoms with Gasteiger partial charge >= 0.3 is 0 Å². The summed E-state index contributed by atoms with van der Waals surface area (Å²) in [7, 11) is 0. The lowest BCUT2D eigenvalue weighted by Crippen LogP contribution is -2.19. The van der Waals surface area contributed by atoms with Crippen molar-refractivity contribution in [1.29, 1.82) is 0 Å². The van der Waals surface area contributed by atoms with E-state index in [2.05, 4.69) is 64.7 Å². The van der Waals surface area contributed by atoms with Gasteiger partial charge in [0, 0.05) is 31.2 Å². The van der Waals surface area contributed by atoms with Gasteiger partial charge in [-0.1, -0.05) is 30.3 Å². The van der Waals surface area contributed by atoms with Crippen LogP contribution in [0, 0.1) is 0 Å². The summed E-state index contributed by atoms with van der Waals surface area (Å²) in [6.07, 6.45) is 7.44. The molecular formula is C22H23N3O. The van der Waals surface area contributed by atoms with Gasteiger partial charge in [0.25, 0.3) is 0 Å². The molecule has 4 nitrogen and oxygen atoms in total. The number of nitrogens with one attached hydrogen (secondary N) is 1. The van der Waals surface area contributed by atoms with Crippen molar-refractivity contribution in [3.05, 3.63) is 77.9 Å². The van der Waals surface area contributed by atoms with Crippen molar-refractivity contribution >= 4 is 0 Å². The largest absolute Gasteiger partial charge is 0.493 e. The molecule has 2 heterocycles. The Hall–Kier alpha value is -2.72. The molecule has 1 atom stereocenters. The Balaban J connectivity index is 1.42. The summed E-state index contributed by atoms with van der Waals surface area (Å²) in [5, 5.41) is 3.50. The van der Waals surface area contributed by atoms with E-state index in [1.54, 1.807) is 18.6 Å². The van der Waals surface area contributed by atoms with Gasteiger partial charge in [-0.2, -0.15) is 0 Å². The summed E-state index contributed by atoms with van der Waals surface area (Å²) in [5.74, 6) is 1.04. The number of benzene rings is 2. The molecule has 132 valence electrons. The fourth-order valence-electron chi connectivity index (χ4n) is 3.26. The molecule has 0 unspecified atom stereocenters. The molecule has 0 spiro atoms. The van der Waals surface area contributed by atoms with Crippen molar-refractivity contribution in [3.63, 3.8) is 0 Å². The third-order valence-corrected chi connectivity index (χ3v) is 4.83. The molecule has 0 fully saturated rings. The molecule has 1 aliphatic rings. The molecule has 0 saturated heterocycles. The van der Waals surface area contributed by atoms with Gasteiger partial charge in [0.1, 0.15) is 5.75 Å². The third kappa shape index (κ3) is 3.75. The molecular weight excluding hydrogens is 322 g/mol. The van der Waals surface area contributed by atoms with Gasteiger partial charge < -0.3 is 10.1 Å². The maximum atomic E-state index is 5.71. The van der Waals surface area contributed by atoms with Crippen LogP contribution in [0.4, 0.5) is 0 Å². The molecule has 1 aromatic heterocycles. The fourth-order valence-corrected chi connectivity index (χ4v) is 3.26. The van der Waals surface area contributed by atoms with Gasteiger partial charge in [0.15, 0.2) is 0 Å². The van der Waals surface area contributed by atoms with Crippen molar-refractivity contribution in [2.45, 2.75) is 32.4 Å². The maximum absolute atomic E-state index is 5.71. The van der Waals surface area contributed by atoms with Crippen molar-refractivity contribution in [2.75, 3.05) is 6.61 Å². The van der Waals surface area contributed by atoms with Crippen LogP contribution >= 0.6 is 0 Å². The molecule has 0 radical (unpaired) electrons. The predicted molar refractivity (Wildman–Crippen MR) is 103 cm³/mol. The number of aryl methyl sites for hydroxylation is 1. The minimum Gasteiger partial charge on any atom is -0.493 e. The lowest BCUT2D eigenvalue weighted by Gasteiger charge is -2.18. The second-order valence-corrected chi connectivity index (χ2v) is 6.70. The van der Waals surface area contributed by atoms with Gasteiger partial charge in [0.2, 0.25) is 0 Å². The maximum Gasteiger partial charge on any atom is 0.122 e. The Labute approximate surface area is 154 Å². The van der Waals surface area contributed by atoms with Crippen LogP contribution < -0.4 is 10.1 Å². The lowest BCUT2D eigenvalue weighted by molar-refractivity contribution is 0.288. The number of hydrogen-bond acceptors (Lipinski definition) is 4. The number of ether oxygens (including phenoxy) is 1.